The Bertz CT molecular complexity index is 998. The van der Waals surface area contributed by atoms with Crippen molar-refractivity contribution in [1.82, 2.24) is 0 Å². The highest BCUT2D eigenvalue weighted by Crippen LogP contribution is 2.45. The lowest BCUT2D eigenvalue weighted by Crippen LogP contribution is -2.02. The summed E-state index contributed by atoms with van der Waals surface area (Å²) in [6, 6.07) is 22.3. The van der Waals surface area contributed by atoms with Crippen molar-refractivity contribution >= 4 is 48.7 Å². The first kappa shape index (κ1) is 16.8. The Balaban J connectivity index is 0.000000300. The van der Waals surface area contributed by atoms with Crippen LogP contribution in [0.1, 0.15) is 6.92 Å². The molecule has 0 fully saturated rings. The average Bonchev–Trinajstić information content (AvgIpc) is 2.87. The molecular formula is C18H15BF4S. The third kappa shape index (κ3) is 3.24. The molecule has 4 rings (SSSR count). The van der Waals surface area contributed by atoms with E-state index in [-0.39, 0.29) is 10.5 Å². The predicted molar refractivity (Wildman–Crippen MR) is 97.3 cm³/mol. The van der Waals surface area contributed by atoms with Crippen LogP contribution in [0.25, 0.3) is 30.9 Å². The fraction of sp³-hybridized carbons (Fsp3) is 0.111. The van der Waals surface area contributed by atoms with Crippen molar-refractivity contribution in [1.29, 1.82) is 0 Å². The van der Waals surface area contributed by atoms with Crippen LogP contribution in [-0.4, -0.2) is 7.25 Å². The number of halogens is 4. The summed E-state index contributed by atoms with van der Waals surface area (Å²) in [5.41, 5.74) is 0. The maximum Gasteiger partial charge on any atom is 0.673 e. The van der Waals surface area contributed by atoms with E-state index in [0.29, 0.717) is 0 Å². The minimum Gasteiger partial charge on any atom is -0.418 e. The lowest BCUT2D eigenvalue weighted by molar-refractivity contribution is 0.368. The molecule has 4 aromatic rings. The van der Waals surface area contributed by atoms with Gasteiger partial charge in [0.1, 0.15) is 5.75 Å². The molecule has 1 aromatic heterocycles. The van der Waals surface area contributed by atoms with Gasteiger partial charge in [0, 0.05) is 5.39 Å². The summed E-state index contributed by atoms with van der Waals surface area (Å²) in [6.45, 7) is 2.30. The molecule has 0 bridgehead atoms. The SMILES string of the molecule is CC[s+]1c2ccccc2c2c3ccccc3ccc21.F[B-](F)(F)F. The standard InChI is InChI=1S/C18H15S.BF4/c1-2-19-16-10-6-5-9-15(16)18-14-8-4-3-7-13(14)11-12-17(18)19;2-1(3,4)5/h3-12H,2H2,1H3;/q+1;-1. The number of hydrogen-bond acceptors (Lipinski definition) is 0. The predicted octanol–water partition coefficient (Wildman–Crippen LogP) is 7.22. The molecule has 0 aliphatic heterocycles. The van der Waals surface area contributed by atoms with E-state index in [0.717, 1.165) is 0 Å². The molecule has 0 N–H and O–H groups in total. The van der Waals surface area contributed by atoms with Crippen molar-refractivity contribution in [3.63, 3.8) is 0 Å². The van der Waals surface area contributed by atoms with Crippen molar-refractivity contribution in [3.05, 3.63) is 60.7 Å². The fourth-order valence-corrected chi connectivity index (χ4v) is 5.29. The van der Waals surface area contributed by atoms with E-state index in [9.17, 15) is 17.3 Å². The molecular weight excluding hydrogens is 335 g/mol. The highest BCUT2D eigenvalue weighted by molar-refractivity contribution is 7.42. The summed E-state index contributed by atoms with van der Waals surface area (Å²) < 4.78 is 42.1. The van der Waals surface area contributed by atoms with Gasteiger partial charge in [-0.25, -0.2) is 0 Å². The van der Waals surface area contributed by atoms with Gasteiger partial charge >= 0.3 is 7.25 Å². The first-order valence-corrected chi connectivity index (χ1v) is 8.99. The maximum atomic E-state index is 9.75. The highest BCUT2D eigenvalue weighted by atomic mass is 32.2. The van der Waals surface area contributed by atoms with Crippen LogP contribution in [-0.2, 0) is 5.75 Å². The number of hydrogen-bond donors (Lipinski definition) is 0. The quantitative estimate of drug-likeness (QED) is 0.193. The topological polar surface area (TPSA) is 0 Å². The van der Waals surface area contributed by atoms with Crippen LogP contribution in [0.15, 0.2) is 60.7 Å². The summed E-state index contributed by atoms with van der Waals surface area (Å²) >= 11 is 0. The van der Waals surface area contributed by atoms with Crippen LogP contribution >= 0.6 is 10.5 Å². The average molecular weight is 350 g/mol. The van der Waals surface area contributed by atoms with Crippen LogP contribution in [0.5, 0.6) is 0 Å². The molecule has 0 aliphatic carbocycles. The van der Waals surface area contributed by atoms with Crippen molar-refractivity contribution < 1.29 is 17.3 Å². The smallest absolute Gasteiger partial charge is 0.418 e. The van der Waals surface area contributed by atoms with E-state index in [1.807, 2.05) is 0 Å². The third-order valence-electron chi connectivity index (χ3n) is 3.87. The van der Waals surface area contributed by atoms with Gasteiger partial charge in [0.05, 0.1) is 5.39 Å². The van der Waals surface area contributed by atoms with Gasteiger partial charge in [-0.1, -0.05) is 36.4 Å². The Morgan fingerprint density at radius 2 is 1.33 bits per heavy atom. The number of aryl methyl sites for hydroxylation is 1. The van der Waals surface area contributed by atoms with Crippen LogP contribution < -0.4 is 0 Å². The molecule has 24 heavy (non-hydrogen) atoms. The van der Waals surface area contributed by atoms with E-state index in [1.54, 1.807) is 0 Å². The molecule has 124 valence electrons. The van der Waals surface area contributed by atoms with Crippen molar-refractivity contribution in [2.45, 2.75) is 12.7 Å². The van der Waals surface area contributed by atoms with Crippen LogP contribution in [0.2, 0.25) is 0 Å². The molecule has 1 unspecified atom stereocenters. The largest absolute Gasteiger partial charge is 0.673 e. The molecule has 0 radical (unpaired) electrons. The van der Waals surface area contributed by atoms with Crippen molar-refractivity contribution in [2.75, 3.05) is 0 Å². The zero-order chi connectivity index (χ0) is 17.3. The van der Waals surface area contributed by atoms with Crippen LogP contribution in [0, 0.1) is 0 Å². The third-order valence-corrected chi connectivity index (χ3v) is 6.20. The maximum absolute atomic E-state index is 9.75. The summed E-state index contributed by atoms with van der Waals surface area (Å²) in [7, 11) is -5.74. The Morgan fingerprint density at radius 3 is 2.00 bits per heavy atom. The molecule has 0 spiro atoms. The lowest BCUT2D eigenvalue weighted by atomic mass is 10.0. The Kier molecular flexibility index (Phi) is 4.50. The molecule has 3 aromatic carbocycles. The lowest BCUT2D eigenvalue weighted by Gasteiger charge is -1.97. The van der Waals surface area contributed by atoms with Crippen molar-refractivity contribution in [2.24, 2.45) is 0 Å². The Labute approximate surface area is 139 Å². The zero-order valence-corrected chi connectivity index (χ0v) is 13.8. The van der Waals surface area contributed by atoms with E-state index in [1.165, 1.54) is 36.7 Å². The first-order chi connectivity index (χ1) is 11.4. The number of benzene rings is 3. The number of rotatable bonds is 1. The second-order valence-electron chi connectivity index (χ2n) is 5.33. The summed E-state index contributed by atoms with van der Waals surface area (Å²) in [6.07, 6.45) is 0. The van der Waals surface area contributed by atoms with E-state index in [2.05, 4.69) is 67.6 Å². The molecule has 0 saturated carbocycles. The van der Waals surface area contributed by atoms with Gasteiger partial charge in [0.25, 0.3) is 0 Å². The van der Waals surface area contributed by atoms with Gasteiger partial charge in [-0.15, -0.1) is 0 Å². The number of thiophene rings is 1. The van der Waals surface area contributed by atoms with Crippen molar-refractivity contribution in [3.8, 4) is 0 Å². The van der Waals surface area contributed by atoms with E-state index >= 15 is 0 Å². The van der Waals surface area contributed by atoms with E-state index < -0.39 is 7.25 Å². The normalized spacial score (nSPS) is 12.5. The number of fused-ring (bicyclic) bond motifs is 5. The molecule has 0 aliphatic rings. The second-order valence-corrected chi connectivity index (χ2v) is 7.57. The minimum absolute atomic E-state index is 0.260. The molecule has 6 heteroatoms. The van der Waals surface area contributed by atoms with E-state index in [4.69, 9.17) is 0 Å². The van der Waals surface area contributed by atoms with Crippen LogP contribution in [0.4, 0.5) is 17.3 Å². The molecule has 0 saturated heterocycles. The Hall–Kier alpha value is -2.08. The first-order valence-electron chi connectivity index (χ1n) is 7.59. The van der Waals surface area contributed by atoms with Gasteiger partial charge in [-0.3, -0.25) is 0 Å². The molecule has 1 atom stereocenters. The van der Waals surface area contributed by atoms with Gasteiger partial charge < -0.3 is 17.3 Å². The summed E-state index contributed by atoms with van der Waals surface area (Å²) in [5, 5.41) is 5.66. The monoisotopic (exact) mass is 350 g/mol. The van der Waals surface area contributed by atoms with Gasteiger partial charge in [0.2, 0.25) is 0 Å². The molecule has 1 heterocycles. The second kappa shape index (κ2) is 6.44. The fourth-order valence-electron chi connectivity index (χ4n) is 3.05. The summed E-state index contributed by atoms with van der Waals surface area (Å²) in [4.78, 5) is 0. The highest BCUT2D eigenvalue weighted by Gasteiger charge is 2.21. The molecule has 0 amide bonds. The van der Waals surface area contributed by atoms with Gasteiger partial charge in [-0.05, 0) is 52.4 Å². The van der Waals surface area contributed by atoms with Crippen LogP contribution in [0.3, 0.4) is 0 Å². The zero-order valence-electron chi connectivity index (χ0n) is 13.0. The summed E-state index contributed by atoms with van der Waals surface area (Å²) in [5.74, 6) is 1.20. The molecule has 0 nitrogen and oxygen atoms in total. The van der Waals surface area contributed by atoms with Gasteiger partial charge in [0.15, 0.2) is 9.40 Å². The van der Waals surface area contributed by atoms with Gasteiger partial charge in [-0.2, -0.15) is 0 Å². The minimum atomic E-state index is -6.00. The Morgan fingerprint density at radius 1 is 0.750 bits per heavy atom.